The van der Waals surface area contributed by atoms with E-state index < -0.39 is 20.9 Å². The minimum atomic E-state index is -3.64. The summed E-state index contributed by atoms with van der Waals surface area (Å²) in [5, 5.41) is 1.86. The summed E-state index contributed by atoms with van der Waals surface area (Å²) in [5.74, 6) is -0.801. The molecule has 7 heteroatoms. The molecule has 0 radical (unpaired) electrons. The Morgan fingerprint density at radius 3 is 2.70 bits per heavy atom. The van der Waals surface area contributed by atoms with E-state index in [4.69, 9.17) is 4.74 Å². The second kappa shape index (κ2) is 7.88. The van der Waals surface area contributed by atoms with Gasteiger partial charge in [-0.1, -0.05) is 0 Å². The van der Waals surface area contributed by atoms with Gasteiger partial charge in [-0.2, -0.15) is 0 Å². The maximum absolute atomic E-state index is 12.9. The molecule has 0 saturated carbocycles. The summed E-state index contributed by atoms with van der Waals surface area (Å²) in [7, 11) is -3.64. The molecule has 2 rings (SSSR count). The van der Waals surface area contributed by atoms with Crippen LogP contribution in [0.15, 0.2) is 29.2 Å². The van der Waals surface area contributed by atoms with Crippen LogP contribution >= 0.6 is 0 Å². The van der Waals surface area contributed by atoms with Gasteiger partial charge in [0.2, 0.25) is 5.91 Å². The summed E-state index contributed by atoms with van der Waals surface area (Å²) < 4.78 is 43.0. The van der Waals surface area contributed by atoms with Crippen LogP contribution < -0.4 is 5.32 Å². The van der Waals surface area contributed by atoms with Gasteiger partial charge in [0.05, 0.1) is 16.2 Å². The first-order chi connectivity index (χ1) is 10.9. The first-order valence-corrected chi connectivity index (χ1v) is 9.32. The lowest BCUT2D eigenvalue weighted by atomic mass is 10.2. The Labute approximate surface area is 136 Å². The second-order valence-corrected chi connectivity index (χ2v) is 8.15. The van der Waals surface area contributed by atoms with E-state index in [1.807, 2.05) is 0 Å². The molecule has 0 unspecified atom stereocenters. The fourth-order valence-corrected chi connectivity index (χ4v) is 3.89. The number of carbonyl (C=O) groups excluding carboxylic acids is 1. The van der Waals surface area contributed by atoms with Gasteiger partial charge >= 0.3 is 0 Å². The molecule has 2 atom stereocenters. The van der Waals surface area contributed by atoms with E-state index in [1.54, 1.807) is 0 Å². The lowest BCUT2D eigenvalue weighted by Gasteiger charge is -2.14. The standard InChI is InChI=1S/C16H22FNO4S/c1-12(23(20,21)15-6-4-13(17)5-7-15)11-16(19)18-9-8-14-3-2-10-22-14/h4-7,12,14H,2-3,8-11H2,1H3,(H,18,19)/t12-,14+/m0/s1. The fourth-order valence-electron chi connectivity index (χ4n) is 2.54. The van der Waals surface area contributed by atoms with E-state index in [0.29, 0.717) is 6.54 Å². The van der Waals surface area contributed by atoms with Gasteiger partial charge in [-0.25, -0.2) is 12.8 Å². The van der Waals surface area contributed by atoms with Gasteiger partial charge in [0.15, 0.2) is 9.84 Å². The maximum Gasteiger partial charge on any atom is 0.221 e. The highest BCUT2D eigenvalue weighted by atomic mass is 32.2. The number of rotatable bonds is 7. The highest BCUT2D eigenvalue weighted by Crippen LogP contribution is 2.19. The summed E-state index contributed by atoms with van der Waals surface area (Å²) in [5.41, 5.74) is 0. The topological polar surface area (TPSA) is 72.5 Å². The predicted molar refractivity (Wildman–Crippen MR) is 84.3 cm³/mol. The van der Waals surface area contributed by atoms with Crippen LogP contribution in [0.4, 0.5) is 4.39 Å². The van der Waals surface area contributed by atoms with Gasteiger partial charge in [-0.15, -0.1) is 0 Å². The molecule has 1 aliphatic rings. The van der Waals surface area contributed by atoms with E-state index in [2.05, 4.69) is 5.32 Å². The van der Waals surface area contributed by atoms with Gasteiger partial charge in [0, 0.05) is 19.6 Å². The minimum absolute atomic E-state index is 0.0264. The van der Waals surface area contributed by atoms with E-state index in [0.717, 1.165) is 38.0 Å². The van der Waals surface area contributed by atoms with Crippen LogP contribution in [-0.2, 0) is 19.4 Å². The number of hydrogen-bond acceptors (Lipinski definition) is 4. The van der Waals surface area contributed by atoms with E-state index in [9.17, 15) is 17.6 Å². The molecule has 1 N–H and O–H groups in total. The SMILES string of the molecule is C[C@@H](CC(=O)NCC[C@H]1CCCO1)S(=O)(=O)c1ccc(F)cc1. The summed E-state index contributed by atoms with van der Waals surface area (Å²) in [4.78, 5) is 11.9. The third kappa shape index (κ3) is 5.00. The van der Waals surface area contributed by atoms with E-state index in [1.165, 1.54) is 19.1 Å². The van der Waals surface area contributed by atoms with Crippen molar-refractivity contribution < 1.29 is 22.3 Å². The number of benzene rings is 1. The van der Waals surface area contributed by atoms with E-state index >= 15 is 0 Å². The molecule has 1 aromatic carbocycles. The third-order valence-electron chi connectivity index (χ3n) is 3.96. The highest BCUT2D eigenvalue weighted by Gasteiger charge is 2.25. The Balaban J connectivity index is 1.83. The molecule has 0 bridgehead atoms. The molecule has 1 aliphatic heterocycles. The van der Waals surface area contributed by atoms with Crippen molar-refractivity contribution in [1.82, 2.24) is 5.32 Å². The average Bonchev–Trinajstić information content (AvgIpc) is 3.01. The van der Waals surface area contributed by atoms with Crippen LogP contribution in [0.25, 0.3) is 0 Å². The number of sulfone groups is 1. The molecule has 128 valence electrons. The number of amides is 1. The van der Waals surface area contributed by atoms with Crippen LogP contribution in [-0.4, -0.2) is 38.8 Å². The lowest BCUT2D eigenvalue weighted by molar-refractivity contribution is -0.121. The largest absolute Gasteiger partial charge is 0.378 e. The third-order valence-corrected chi connectivity index (χ3v) is 6.11. The predicted octanol–water partition coefficient (Wildman–Crippen LogP) is 2.06. The maximum atomic E-state index is 12.9. The zero-order valence-electron chi connectivity index (χ0n) is 13.1. The van der Waals surface area contributed by atoms with Crippen molar-refractivity contribution in [2.45, 2.75) is 48.9 Å². The number of hydrogen-bond donors (Lipinski definition) is 1. The summed E-state index contributed by atoms with van der Waals surface area (Å²) in [6.45, 7) is 2.73. The summed E-state index contributed by atoms with van der Waals surface area (Å²) >= 11 is 0. The van der Waals surface area contributed by atoms with Gasteiger partial charge in [0.25, 0.3) is 0 Å². The van der Waals surface area contributed by atoms with Crippen LogP contribution in [0, 0.1) is 5.82 Å². The molecular formula is C16H22FNO4S. The second-order valence-electron chi connectivity index (χ2n) is 5.79. The van der Waals surface area contributed by atoms with Crippen LogP contribution in [0.1, 0.15) is 32.6 Å². The van der Waals surface area contributed by atoms with Crippen molar-refractivity contribution in [2.24, 2.45) is 0 Å². The first-order valence-electron chi connectivity index (χ1n) is 7.77. The van der Waals surface area contributed by atoms with E-state index in [-0.39, 0.29) is 23.3 Å². The molecule has 1 heterocycles. The Morgan fingerprint density at radius 2 is 2.09 bits per heavy atom. The molecule has 1 aromatic rings. The molecule has 0 aromatic heterocycles. The zero-order chi connectivity index (χ0) is 16.9. The number of ether oxygens (including phenoxy) is 1. The first kappa shape index (κ1) is 17.9. The molecule has 23 heavy (non-hydrogen) atoms. The summed E-state index contributed by atoms with van der Waals surface area (Å²) in [6.07, 6.45) is 2.86. The van der Waals surface area contributed by atoms with Crippen molar-refractivity contribution in [3.05, 3.63) is 30.1 Å². The summed E-state index contributed by atoms with van der Waals surface area (Å²) in [6, 6.07) is 4.63. The van der Waals surface area contributed by atoms with Crippen molar-refractivity contribution in [2.75, 3.05) is 13.2 Å². The van der Waals surface area contributed by atoms with Gasteiger partial charge in [0.1, 0.15) is 5.82 Å². The highest BCUT2D eigenvalue weighted by molar-refractivity contribution is 7.92. The minimum Gasteiger partial charge on any atom is -0.378 e. The molecule has 0 aliphatic carbocycles. The van der Waals surface area contributed by atoms with Gasteiger partial charge < -0.3 is 10.1 Å². The van der Waals surface area contributed by atoms with Gasteiger partial charge in [-0.3, -0.25) is 4.79 Å². The van der Waals surface area contributed by atoms with Crippen molar-refractivity contribution in [3.8, 4) is 0 Å². The molecule has 1 amide bonds. The lowest BCUT2D eigenvalue weighted by Crippen LogP contribution is -2.31. The molecule has 1 saturated heterocycles. The molecule has 0 spiro atoms. The van der Waals surface area contributed by atoms with Crippen LogP contribution in [0.5, 0.6) is 0 Å². The molecule has 1 fully saturated rings. The number of halogens is 1. The Kier molecular flexibility index (Phi) is 6.12. The Morgan fingerprint density at radius 1 is 1.39 bits per heavy atom. The van der Waals surface area contributed by atoms with Gasteiger partial charge in [-0.05, 0) is 50.5 Å². The van der Waals surface area contributed by atoms with Crippen molar-refractivity contribution in [3.63, 3.8) is 0 Å². The molecular weight excluding hydrogens is 321 g/mol. The van der Waals surface area contributed by atoms with Crippen molar-refractivity contribution >= 4 is 15.7 Å². The van der Waals surface area contributed by atoms with Crippen LogP contribution in [0.3, 0.4) is 0 Å². The quantitative estimate of drug-likeness (QED) is 0.769. The Hall–Kier alpha value is -1.47. The zero-order valence-corrected chi connectivity index (χ0v) is 13.9. The fraction of sp³-hybridized carbons (Fsp3) is 0.562. The monoisotopic (exact) mass is 343 g/mol. The average molecular weight is 343 g/mol. The number of nitrogens with one attached hydrogen (secondary N) is 1. The molecule has 5 nitrogen and oxygen atoms in total. The smallest absolute Gasteiger partial charge is 0.221 e. The Bertz CT molecular complexity index is 624. The van der Waals surface area contributed by atoms with Crippen LogP contribution in [0.2, 0.25) is 0 Å². The normalized spacial score (nSPS) is 19.5. The number of carbonyl (C=O) groups is 1. The van der Waals surface area contributed by atoms with Crippen molar-refractivity contribution in [1.29, 1.82) is 0 Å².